The number of hydrogen-bond donors (Lipinski definition) is 1. The van der Waals surface area contributed by atoms with Crippen LogP contribution in [0.1, 0.15) is 52.4 Å². The van der Waals surface area contributed by atoms with E-state index in [9.17, 15) is 27.6 Å². The molecule has 0 bridgehead atoms. The Morgan fingerprint density at radius 3 is 2.42 bits per heavy atom. The normalized spacial score (nSPS) is 13.6. The van der Waals surface area contributed by atoms with Crippen LogP contribution in [0.3, 0.4) is 0 Å². The number of alkyl halides is 3. The second kappa shape index (κ2) is 9.36. The van der Waals surface area contributed by atoms with Gasteiger partial charge in [-0.3, -0.25) is 9.59 Å². The van der Waals surface area contributed by atoms with E-state index >= 15 is 0 Å². The van der Waals surface area contributed by atoms with E-state index in [0.717, 1.165) is 12.6 Å². The summed E-state index contributed by atoms with van der Waals surface area (Å²) in [6.45, 7) is 7.08. The third kappa shape index (κ3) is 5.15. The fraction of sp³-hybridized carbons (Fsp3) is 0.409. The van der Waals surface area contributed by atoms with Gasteiger partial charge in [0.25, 0.3) is 0 Å². The third-order valence-corrected chi connectivity index (χ3v) is 5.26. The van der Waals surface area contributed by atoms with Crippen LogP contribution >= 0.6 is 0 Å². The van der Waals surface area contributed by atoms with Crippen LogP contribution in [0.15, 0.2) is 24.3 Å². The van der Waals surface area contributed by atoms with Crippen molar-refractivity contribution in [3.05, 3.63) is 52.1 Å². The van der Waals surface area contributed by atoms with E-state index < -0.39 is 24.0 Å². The average molecular weight is 439 g/mol. The molecule has 1 heterocycles. The highest BCUT2D eigenvalue weighted by atomic mass is 19.4. The maximum Gasteiger partial charge on any atom is 0.471 e. The highest BCUT2D eigenvalue weighted by Gasteiger charge is 2.44. The van der Waals surface area contributed by atoms with Crippen molar-refractivity contribution in [3.8, 4) is 0 Å². The molecule has 1 aromatic carbocycles. The molecule has 6 nitrogen and oxygen atoms in total. The summed E-state index contributed by atoms with van der Waals surface area (Å²) < 4.78 is 44.7. The average Bonchev–Trinajstić information content (AvgIpc) is 3.07. The first-order chi connectivity index (χ1) is 14.4. The molecule has 0 saturated carbocycles. The molecule has 0 radical (unpaired) electrons. The fourth-order valence-corrected chi connectivity index (χ4v) is 3.63. The molecule has 0 aromatic heterocycles. The van der Waals surface area contributed by atoms with E-state index in [0.29, 0.717) is 33.6 Å². The maximum atomic E-state index is 13.2. The zero-order valence-corrected chi connectivity index (χ0v) is 17.6. The number of benzene rings is 1. The summed E-state index contributed by atoms with van der Waals surface area (Å²) in [5.74, 6) is -3.85. The number of halogens is 3. The molecule has 31 heavy (non-hydrogen) atoms. The third-order valence-electron chi connectivity index (χ3n) is 5.26. The number of hydrogen-bond acceptors (Lipinski definition) is 4. The first kappa shape index (κ1) is 24.2. The van der Waals surface area contributed by atoms with Crippen molar-refractivity contribution >= 4 is 23.5 Å². The second-order valence-corrected chi connectivity index (χ2v) is 7.36. The smallest absolute Gasteiger partial charge is 0.471 e. The second-order valence-electron chi connectivity index (χ2n) is 7.36. The van der Waals surface area contributed by atoms with E-state index in [2.05, 4.69) is 6.58 Å². The Labute approximate surface area is 178 Å². The lowest BCUT2D eigenvalue weighted by Crippen LogP contribution is -2.40. The summed E-state index contributed by atoms with van der Waals surface area (Å²) in [7, 11) is 0.981. The first-order valence-corrected chi connectivity index (χ1v) is 9.57. The van der Waals surface area contributed by atoms with E-state index in [1.54, 1.807) is 26.0 Å². The Morgan fingerprint density at radius 1 is 1.23 bits per heavy atom. The molecule has 1 N–H and O–H groups in total. The standard InChI is InChI=1S/C22H24F3NO5/c1-5-6-14-13(3)16-11-31-20(29)18(16)19(26(4)21(30)22(23,24)25)15(14)9-7-12(2)8-10-17(27)28/h5,7H,1,6,8-11H2,2-4H3,(H,27,28). The molecule has 0 saturated heterocycles. The molecular weight excluding hydrogens is 415 g/mol. The van der Waals surface area contributed by atoms with Crippen molar-refractivity contribution < 1.29 is 37.4 Å². The number of esters is 1. The Balaban J connectivity index is 2.71. The molecule has 1 aromatic rings. The molecule has 2 rings (SSSR count). The maximum absolute atomic E-state index is 13.2. The van der Waals surface area contributed by atoms with Gasteiger partial charge in [-0.05, 0) is 49.8 Å². The first-order valence-electron chi connectivity index (χ1n) is 9.57. The Kier molecular flexibility index (Phi) is 7.30. The summed E-state index contributed by atoms with van der Waals surface area (Å²) in [6, 6.07) is 0. The molecule has 0 unspecified atom stereocenters. The van der Waals surface area contributed by atoms with Gasteiger partial charge in [-0.2, -0.15) is 13.2 Å². The molecular formula is C22H24F3NO5. The zero-order valence-electron chi connectivity index (χ0n) is 17.6. The number of amides is 1. The predicted octanol–water partition coefficient (Wildman–Crippen LogP) is 4.27. The molecule has 168 valence electrons. The number of ether oxygens (including phenoxy) is 1. The van der Waals surface area contributed by atoms with Gasteiger partial charge in [0, 0.05) is 19.0 Å². The van der Waals surface area contributed by atoms with Gasteiger partial charge in [0.05, 0.1) is 11.3 Å². The van der Waals surface area contributed by atoms with Crippen LogP contribution in [-0.4, -0.2) is 36.2 Å². The van der Waals surface area contributed by atoms with Gasteiger partial charge in [0.1, 0.15) is 6.61 Å². The minimum absolute atomic E-state index is 0.0444. The van der Waals surface area contributed by atoms with Crippen molar-refractivity contribution in [1.82, 2.24) is 0 Å². The van der Waals surface area contributed by atoms with E-state index in [4.69, 9.17) is 9.84 Å². The van der Waals surface area contributed by atoms with Crippen molar-refractivity contribution in [1.29, 1.82) is 0 Å². The van der Waals surface area contributed by atoms with Gasteiger partial charge in [-0.15, -0.1) is 6.58 Å². The topological polar surface area (TPSA) is 83.9 Å². The molecule has 1 amide bonds. The molecule has 0 spiro atoms. The summed E-state index contributed by atoms with van der Waals surface area (Å²) in [4.78, 5) is 35.7. The zero-order chi connectivity index (χ0) is 23.5. The Morgan fingerprint density at radius 2 is 1.87 bits per heavy atom. The number of cyclic esters (lactones) is 1. The number of aliphatic carboxylic acids is 1. The van der Waals surface area contributed by atoms with Crippen molar-refractivity contribution in [2.75, 3.05) is 11.9 Å². The number of carboxylic acids is 1. The van der Waals surface area contributed by atoms with Gasteiger partial charge in [0.2, 0.25) is 0 Å². The van der Waals surface area contributed by atoms with Crippen molar-refractivity contribution in [2.45, 2.75) is 52.3 Å². The van der Waals surface area contributed by atoms with E-state index in [1.807, 2.05) is 0 Å². The van der Waals surface area contributed by atoms with Crippen LogP contribution in [0.4, 0.5) is 18.9 Å². The minimum atomic E-state index is -5.13. The summed E-state index contributed by atoms with van der Waals surface area (Å²) in [6.07, 6.45) is -1.23. The molecule has 1 aliphatic heterocycles. The van der Waals surface area contributed by atoms with Gasteiger partial charge in [0.15, 0.2) is 0 Å². The number of carbonyl (C=O) groups is 3. The lowest BCUT2D eigenvalue weighted by molar-refractivity contribution is -0.170. The van der Waals surface area contributed by atoms with Crippen LogP contribution in [0.2, 0.25) is 0 Å². The molecule has 0 fully saturated rings. The van der Waals surface area contributed by atoms with E-state index in [-0.39, 0.29) is 37.1 Å². The number of carbonyl (C=O) groups excluding carboxylic acids is 2. The minimum Gasteiger partial charge on any atom is -0.481 e. The Hall–Kier alpha value is -3.10. The molecule has 0 atom stereocenters. The number of carboxylic acid groups (broad SMARTS) is 1. The van der Waals surface area contributed by atoms with Crippen LogP contribution in [0.5, 0.6) is 0 Å². The number of nitrogens with zero attached hydrogens (tertiary/aromatic N) is 1. The van der Waals surface area contributed by atoms with Crippen LogP contribution < -0.4 is 4.90 Å². The lowest BCUT2D eigenvalue weighted by Gasteiger charge is -2.26. The summed E-state index contributed by atoms with van der Waals surface area (Å²) >= 11 is 0. The van der Waals surface area contributed by atoms with Crippen LogP contribution in [0, 0.1) is 6.92 Å². The largest absolute Gasteiger partial charge is 0.481 e. The van der Waals surface area contributed by atoms with Crippen molar-refractivity contribution in [3.63, 3.8) is 0 Å². The highest BCUT2D eigenvalue weighted by molar-refractivity contribution is 6.07. The van der Waals surface area contributed by atoms with Crippen molar-refractivity contribution in [2.24, 2.45) is 0 Å². The quantitative estimate of drug-likeness (QED) is 0.483. The van der Waals surface area contributed by atoms with Crippen LogP contribution in [0.25, 0.3) is 0 Å². The number of fused-ring (bicyclic) bond motifs is 1. The summed E-state index contributed by atoms with van der Waals surface area (Å²) in [5.41, 5.74) is 2.74. The SMILES string of the molecule is C=CCc1c(C)c2c(c(N(C)C(=O)C(F)(F)F)c1CC=C(C)CCC(=O)O)C(=O)OC2. The van der Waals surface area contributed by atoms with Gasteiger partial charge in [-0.1, -0.05) is 17.7 Å². The van der Waals surface area contributed by atoms with Gasteiger partial charge < -0.3 is 14.7 Å². The number of allylic oxidation sites excluding steroid dienone is 3. The van der Waals surface area contributed by atoms with Gasteiger partial charge >= 0.3 is 24.0 Å². The number of rotatable bonds is 8. The van der Waals surface area contributed by atoms with Crippen LogP contribution in [-0.2, 0) is 33.8 Å². The molecule has 0 aliphatic carbocycles. The predicted molar refractivity (Wildman–Crippen MR) is 108 cm³/mol. The number of anilines is 1. The fourth-order valence-electron chi connectivity index (χ4n) is 3.63. The summed E-state index contributed by atoms with van der Waals surface area (Å²) in [5, 5.41) is 8.85. The van der Waals surface area contributed by atoms with Gasteiger partial charge in [-0.25, -0.2) is 4.79 Å². The monoisotopic (exact) mass is 439 g/mol. The Bertz CT molecular complexity index is 963. The molecule has 9 heteroatoms. The lowest BCUT2D eigenvalue weighted by atomic mass is 9.87. The molecule has 1 aliphatic rings. The van der Waals surface area contributed by atoms with E-state index in [1.165, 1.54) is 0 Å². The highest BCUT2D eigenvalue weighted by Crippen LogP contribution is 2.40.